The van der Waals surface area contributed by atoms with Gasteiger partial charge in [-0.15, -0.1) is 0 Å². The highest BCUT2D eigenvalue weighted by atomic mass is 16.2. The number of benzene rings is 2. The SMILES string of the molecule is Nc1cccc(C(=O)N2CCC[C@@H]2CCc2ccccc2)c1. The Morgan fingerprint density at radius 1 is 1.14 bits per heavy atom. The fourth-order valence-electron chi connectivity index (χ4n) is 3.22. The second kappa shape index (κ2) is 6.65. The lowest BCUT2D eigenvalue weighted by Crippen LogP contribution is -2.35. The number of nitrogens with zero attached hydrogens (tertiary/aromatic N) is 1. The molecule has 1 fully saturated rings. The van der Waals surface area contributed by atoms with E-state index in [-0.39, 0.29) is 5.91 Å². The third-order valence-corrected chi connectivity index (χ3v) is 4.38. The minimum Gasteiger partial charge on any atom is -0.399 e. The van der Waals surface area contributed by atoms with Crippen LogP contribution in [0.25, 0.3) is 0 Å². The smallest absolute Gasteiger partial charge is 0.254 e. The highest BCUT2D eigenvalue weighted by Crippen LogP contribution is 2.24. The molecule has 1 saturated heterocycles. The first-order valence-corrected chi connectivity index (χ1v) is 7.94. The minimum absolute atomic E-state index is 0.114. The molecule has 3 rings (SSSR count). The van der Waals surface area contributed by atoms with E-state index < -0.39 is 0 Å². The summed E-state index contributed by atoms with van der Waals surface area (Å²) in [4.78, 5) is 14.7. The van der Waals surface area contributed by atoms with Crippen molar-refractivity contribution in [1.82, 2.24) is 4.90 Å². The van der Waals surface area contributed by atoms with Crippen LogP contribution in [-0.4, -0.2) is 23.4 Å². The zero-order valence-corrected chi connectivity index (χ0v) is 12.7. The Kier molecular flexibility index (Phi) is 4.42. The van der Waals surface area contributed by atoms with Crippen molar-refractivity contribution in [2.45, 2.75) is 31.7 Å². The van der Waals surface area contributed by atoms with Gasteiger partial charge in [0.1, 0.15) is 0 Å². The summed E-state index contributed by atoms with van der Waals surface area (Å²) in [6.07, 6.45) is 4.23. The Labute approximate surface area is 131 Å². The van der Waals surface area contributed by atoms with Gasteiger partial charge < -0.3 is 10.6 Å². The molecule has 22 heavy (non-hydrogen) atoms. The zero-order valence-electron chi connectivity index (χ0n) is 12.7. The van der Waals surface area contributed by atoms with Crippen LogP contribution in [0.5, 0.6) is 0 Å². The van der Waals surface area contributed by atoms with Gasteiger partial charge in [-0.2, -0.15) is 0 Å². The van der Waals surface area contributed by atoms with E-state index >= 15 is 0 Å². The number of carbonyl (C=O) groups is 1. The van der Waals surface area contributed by atoms with Crippen LogP contribution in [-0.2, 0) is 6.42 Å². The van der Waals surface area contributed by atoms with Gasteiger partial charge in [0.25, 0.3) is 5.91 Å². The van der Waals surface area contributed by atoms with Crippen LogP contribution in [0.1, 0.15) is 35.2 Å². The van der Waals surface area contributed by atoms with Crippen molar-refractivity contribution >= 4 is 11.6 Å². The summed E-state index contributed by atoms with van der Waals surface area (Å²) >= 11 is 0. The molecule has 1 aliphatic heterocycles. The second-order valence-electron chi connectivity index (χ2n) is 5.94. The Morgan fingerprint density at radius 3 is 2.73 bits per heavy atom. The van der Waals surface area contributed by atoms with Crippen molar-refractivity contribution in [2.24, 2.45) is 0 Å². The van der Waals surface area contributed by atoms with Crippen molar-refractivity contribution in [3.63, 3.8) is 0 Å². The van der Waals surface area contributed by atoms with Crippen LogP contribution in [0.15, 0.2) is 54.6 Å². The molecule has 1 aliphatic rings. The Balaban J connectivity index is 1.66. The van der Waals surface area contributed by atoms with E-state index in [1.54, 1.807) is 6.07 Å². The number of hydrogen-bond acceptors (Lipinski definition) is 2. The van der Waals surface area contributed by atoms with Crippen LogP contribution in [0.3, 0.4) is 0 Å². The summed E-state index contributed by atoms with van der Waals surface area (Å²) in [5.41, 5.74) is 8.48. The van der Waals surface area contributed by atoms with Crippen molar-refractivity contribution in [1.29, 1.82) is 0 Å². The predicted molar refractivity (Wildman–Crippen MR) is 89.7 cm³/mol. The molecule has 0 saturated carbocycles. The van der Waals surface area contributed by atoms with Crippen LogP contribution in [0.2, 0.25) is 0 Å². The Bertz CT molecular complexity index is 639. The molecular formula is C19H22N2O. The Morgan fingerprint density at radius 2 is 1.95 bits per heavy atom. The predicted octanol–water partition coefficient (Wildman–Crippen LogP) is 3.51. The number of aryl methyl sites for hydroxylation is 1. The van der Waals surface area contributed by atoms with E-state index in [2.05, 4.69) is 24.3 Å². The maximum absolute atomic E-state index is 12.7. The molecule has 3 heteroatoms. The molecule has 0 radical (unpaired) electrons. The molecular weight excluding hydrogens is 272 g/mol. The molecule has 2 aromatic carbocycles. The summed E-state index contributed by atoms with van der Waals surface area (Å²) in [7, 11) is 0. The van der Waals surface area contributed by atoms with E-state index in [1.165, 1.54) is 5.56 Å². The quantitative estimate of drug-likeness (QED) is 0.877. The number of nitrogens with two attached hydrogens (primary N) is 1. The molecule has 0 bridgehead atoms. The van der Waals surface area contributed by atoms with E-state index in [0.717, 1.165) is 32.2 Å². The van der Waals surface area contributed by atoms with Gasteiger partial charge in [0.05, 0.1) is 0 Å². The molecule has 0 aliphatic carbocycles. The van der Waals surface area contributed by atoms with Crippen LogP contribution in [0, 0.1) is 0 Å². The first-order chi connectivity index (χ1) is 10.7. The second-order valence-corrected chi connectivity index (χ2v) is 5.94. The number of rotatable bonds is 4. The third kappa shape index (κ3) is 3.30. The van der Waals surface area contributed by atoms with Crippen LogP contribution >= 0.6 is 0 Å². The topological polar surface area (TPSA) is 46.3 Å². The normalized spacial score (nSPS) is 17.6. The van der Waals surface area contributed by atoms with Crippen molar-refractivity contribution in [3.8, 4) is 0 Å². The highest BCUT2D eigenvalue weighted by Gasteiger charge is 2.29. The van der Waals surface area contributed by atoms with Gasteiger partial charge in [0.15, 0.2) is 0 Å². The average Bonchev–Trinajstić information content (AvgIpc) is 3.01. The lowest BCUT2D eigenvalue weighted by molar-refractivity contribution is 0.0730. The molecule has 114 valence electrons. The number of nitrogen functional groups attached to an aromatic ring is 1. The van der Waals surface area contributed by atoms with Crippen molar-refractivity contribution < 1.29 is 4.79 Å². The molecule has 2 N–H and O–H groups in total. The van der Waals surface area contributed by atoms with Gasteiger partial charge in [0, 0.05) is 23.8 Å². The standard InChI is InChI=1S/C19H22N2O/c20-17-9-4-8-16(14-17)19(22)21-13-5-10-18(21)12-11-15-6-2-1-3-7-15/h1-4,6-9,14,18H,5,10-13,20H2/t18-/m1/s1. The van der Waals surface area contributed by atoms with Gasteiger partial charge in [-0.25, -0.2) is 0 Å². The summed E-state index contributed by atoms with van der Waals surface area (Å²) in [5, 5.41) is 0. The summed E-state index contributed by atoms with van der Waals surface area (Å²) in [6.45, 7) is 0.854. The molecule has 1 atom stereocenters. The van der Waals surface area contributed by atoms with Crippen molar-refractivity contribution in [3.05, 3.63) is 65.7 Å². The van der Waals surface area contributed by atoms with E-state index in [1.807, 2.05) is 29.2 Å². The first kappa shape index (κ1) is 14.6. The molecule has 1 heterocycles. The average molecular weight is 294 g/mol. The molecule has 1 amide bonds. The minimum atomic E-state index is 0.114. The number of anilines is 1. The lowest BCUT2D eigenvalue weighted by atomic mass is 10.0. The fourth-order valence-corrected chi connectivity index (χ4v) is 3.22. The largest absolute Gasteiger partial charge is 0.399 e. The first-order valence-electron chi connectivity index (χ1n) is 7.94. The lowest BCUT2D eigenvalue weighted by Gasteiger charge is -2.25. The summed E-state index contributed by atoms with van der Waals surface area (Å²) in [5.74, 6) is 0.114. The van der Waals surface area contributed by atoms with Crippen LogP contribution < -0.4 is 5.73 Å². The van der Waals surface area contributed by atoms with E-state index in [4.69, 9.17) is 5.73 Å². The monoisotopic (exact) mass is 294 g/mol. The fraction of sp³-hybridized carbons (Fsp3) is 0.316. The third-order valence-electron chi connectivity index (χ3n) is 4.38. The number of hydrogen-bond donors (Lipinski definition) is 1. The summed E-state index contributed by atoms with van der Waals surface area (Å²) < 4.78 is 0. The van der Waals surface area contributed by atoms with E-state index in [0.29, 0.717) is 17.3 Å². The van der Waals surface area contributed by atoms with Gasteiger partial charge in [-0.3, -0.25) is 4.79 Å². The number of carbonyl (C=O) groups excluding carboxylic acids is 1. The Hall–Kier alpha value is -2.29. The maximum atomic E-state index is 12.7. The maximum Gasteiger partial charge on any atom is 0.254 e. The number of amides is 1. The van der Waals surface area contributed by atoms with Gasteiger partial charge in [-0.05, 0) is 49.4 Å². The van der Waals surface area contributed by atoms with Crippen LogP contribution in [0.4, 0.5) is 5.69 Å². The molecule has 0 spiro atoms. The van der Waals surface area contributed by atoms with E-state index in [9.17, 15) is 4.79 Å². The van der Waals surface area contributed by atoms with Gasteiger partial charge in [0.2, 0.25) is 0 Å². The van der Waals surface area contributed by atoms with Gasteiger partial charge in [-0.1, -0.05) is 36.4 Å². The summed E-state index contributed by atoms with van der Waals surface area (Å²) in [6, 6.07) is 18.1. The molecule has 2 aromatic rings. The van der Waals surface area contributed by atoms with Crippen molar-refractivity contribution in [2.75, 3.05) is 12.3 Å². The number of likely N-dealkylation sites (tertiary alicyclic amines) is 1. The van der Waals surface area contributed by atoms with Gasteiger partial charge >= 0.3 is 0 Å². The zero-order chi connectivity index (χ0) is 15.4. The highest BCUT2D eigenvalue weighted by molar-refractivity contribution is 5.95. The molecule has 0 aromatic heterocycles. The molecule has 0 unspecified atom stereocenters. The molecule has 3 nitrogen and oxygen atoms in total.